The molecular weight excluding hydrogens is 282 g/mol. The molecule has 0 unspecified atom stereocenters. The summed E-state index contributed by atoms with van der Waals surface area (Å²) in [6.07, 6.45) is 0.616. The van der Waals surface area contributed by atoms with Crippen LogP contribution < -0.4 is 4.74 Å². The van der Waals surface area contributed by atoms with Crippen LogP contribution >= 0.6 is 11.6 Å². The van der Waals surface area contributed by atoms with Gasteiger partial charge in [-0.3, -0.25) is 10.1 Å². The van der Waals surface area contributed by atoms with Crippen molar-refractivity contribution in [3.63, 3.8) is 0 Å². The molecule has 0 bridgehead atoms. The number of ether oxygens (including phenoxy) is 1. The number of nitro groups is 1. The van der Waals surface area contributed by atoms with Gasteiger partial charge < -0.3 is 4.74 Å². The van der Waals surface area contributed by atoms with Gasteiger partial charge in [0.2, 0.25) is 5.88 Å². The summed E-state index contributed by atoms with van der Waals surface area (Å²) in [5, 5.41) is 11.0. The van der Waals surface area contributed by atoms with Gasteiger partial charge in [-0.2, -0.15) is 4.98 Å². The highest BCUT2D eigenvalue weighted by Gasteiger charge is 2.12. The SMILES string of the molecule is CCc1nc(Cl)c(C)c(Oc2cccc([N+](=O)[O-])c2)n1. The van der Waals surface area contributed by atoms with Crippen molar-refractivity contribution in [2.75, 3.05) is 0 Å². The molecule has 1 aromatic heterocycles. The molecule has 0 atom stereocenters. The summed E-state index contributed by atoms with van der Waals surface area (Å²) in [7, 11) is 0. The Kier molecular flexibility index (Phi) is 4.14. The van der Waals surface area contributed by atoms with E-state index in [0.717, 1.165) is 0 Å². The maximum atomic E-state index is 10.7. The van der Waals surface area contributed by atoms with Gasteiger partial charge >= 0.3 is 0 Å². The van der Waals surface area contributed by atoms with Crippen molar-refractivity contribution in [2.45, 2.75) is 20.3 Å². The fourth-order valence-electron chi connectivity index (χ4n) is 1.54. The first-order valence-electron chi connectivity index (χ1n) is 5.96. The van der Waals surface area contributed by atoms with Crippen LogP contribution in [-0.4, -0.2) is 14.9 Å². The minimum atomic E-state index is -0.482. The molecule has 0 amide bonds. The quantitative estimate of drug-likeness (QED) is 0.488. The van der Waals surface area contributed by atoms with E-state index in [2.05, 4.69) is 9.97 Å². The Bertz CT molecular complexity index is 661. The number of nitrogens with zero attached hydrogens (tertiary/aromatic N) is 3. The van der Waals surface area contributed by atoms with Gasteiger partial charge in [0.25, 0.3) is 5.69 Å². The first-order valence-corrected chi connectivity index (χ1v) is 6.34. The Labute approximate surface area is 120 Å². The number of nitro benzene ring substituents is 1. The van der Waals surface area contributed by atoms with Gasteiger partial charge in [0.15, 0.2) is 0 Å². The highest BCUT2D eigenvalue weighted by Crippen LogP contribution is 2.28. The zero-order valence-electron chi connectivity index (χ0n) is 11.0. The molecule has 0 radical (unpaired) electrons. The fourth-order valence-corrected chi connectivity index (χ4v) is 1.72. The van der Waals surface area contributed by atoms with E-state index in [4.69, 9.17) is 16.3 Å². The lowest BCUT2D eigenvalue weighted by Crippen LogP contribution is -2.00. The van der Waals surface area contributed by atoms with Gasteiger partial charge in [-0.1, -0.05) is 24.6 Å². The van der Waals surface area contributed by atoms with Gasteiger partial charge in [0, 0.05) is 18.1 Å². The molecule has 0 fully saturated rings. The normalized spacial score (nSPS) is 10.3. The van der Waals surface area contributed by atoms with E-state index in [1.807, 2.05) is 6.92 Å². The third-order valence-corrected chi connectivity index (χ3v) is 3.02. The van der Waals surface area contributed by atoms with Crippen LogP contribution in [0.1, 0.15) is 18.3 Å². The van der Waals surface area contributed by atoms with Crippen LogP contribution in [-0.2, 0) is 6.42 Å². The molecule has 0 aliphatic carbocycles. The third-order valence-electron chi connectivity index (χ3n) is 2.65. The van der Waals surface area contributed by atoms with Crippen molar-refractivity contribution in [2.24, 2.45) is 0 Å². The fraction of sp³-hybridized carbons (Fsp3) is 0.231. The number of halogens is 1. The van der Waals surface area contributed by atoms with Crippen LogP contribution in [0.2, 0.25) is 5.15 Å². The number of non-ortho nitro benzene ring substituents is 1. The van der Waals surface area contributed by atoms with Gasteiger partial charge in [0.1, 0.15) is 16.7 Å². The van der Waals surface area contributed by atoms with Gasteiger partial charge in [0.05, 0.1) is 11.0 Å². The van der Waals surface area contributed by atoms with E-state index >= 15 is 0 Å². The number of hydrogen-bond acceptors (Lipinski definition) is 5. The standard InChI is InChI=1S/C13H12ClN3O3/c1-3-11-15-12(14)8(2)13(16-11)20-10-6-4-5-9(7-10)17(18)19/h4-7H,3H2,1-2H3. The Balaban J connectivity index is 2.36. The van der Waals surface area contributed by atoms with Crippen LogP contribution in [0.5, 0.6) is 11.6 Å². The van der Waals surface area contributed by atoms with Gasteiger partial charge in [-0.25, -0.2) is 4.98 Å². The van der Waals surface area contributed by atoms with Crippen molar-refractivity contribution in [1.29, 1.82) is 0 Å². The molecule has 7 heteroatoms. The number of rotatable bonds is 4. The zero-order valence-corrected chi connectivity index (χ0v) is 11.7. The van der Waals surface area contributed by atoms with Crippen LogP contribution in [0, 0.1) is 17.0 Å². The molecule has 2 aromatic rings. The summed E-state index contributed by atoms with van der Waals surface area (Å²) >= 11 is 6.01. The summed E-state index contributed by atoms with van der Waals surface area (Å²) in [5.74, 6) is 1.20. The molecule has 0 saturated carbocycles. The lowest BCUT2D eigenvalue weighted by Gasteiger charge is -2.09. The highest BCUT2D eigenvalue weighted by molar-refractivity contribution is 6.30. The summed E-state index contributed by atoms with van der Waals surface area (Å²) < 4.78 is 5.58. The molecule has 1 heterocycles. The molecule has 0 spiro atoms. The lowest BCUT2D eigenvalue weighted by molar-refractivity contribution is -0.384. The van der Waals surface area contributed by atoms with E-state index in [0.29, 0.717) is 34.6 Å². The van der Waals surface area contributed by atoms with Gasteiger partial charge in [-0.05, 0) is 13.0 Å². The molecule has 2 rings (SSSR count). The molecule has 20 heavy (non-hydrogen) atoms. The van der Waals surface area contributed by atoms with E-state index in [-0.39, 0.29) is 5.69 Å². The number of benzene rings is 1. The first-order chi connectivity index (χ1) is 9.51. The van der Waals surface area contributed by atoms with Gasteiger partial charge in [-0.15, -0.1) is 0 Å². The Hall–Kier alpha value is -2.21. The monoisotopic (exact) mass is 293 g/mol. The summed E-state index contributed by atoms with van der Waals surface area (Å²) in [4.78, 5) is 18.6. The number of hydrogen-bond donors (Lipinski definition) is 0. The summed E-state index contributed by atoms with van der Waals surface area (Å²) in [6.45, 7) is 3.63. The Morgan fingerprint density at radius 3 is 2.80 bits per heavy atom. The molecule has 0 saturated heterocycles. The molecule has 1 aromatic carbocycles. The molecule has 0 aliphatic rings. The van der Waals surface area contributed by atoms with Crippen LogP contribution in [0.4, 0.5) is 5.69 Å². The van der Waals surface area contributed by atoms with Crippen LogP contribution in [0.25, 0.3) is 0 Å². The summed E-state index contributed by atoms with van der Waals surface area (Å²) in [5.41, 5.74) is 0.548. The molecule has 104 valence electrons. The van der Waals surface area contributed by atoms with Crippen molar-refractivity contribution < 1.29 is 9.66 Å². The average Bonchev–Trinajstić information content (AvgIpc) is 2.43. The predicted molar refractivity (Wildman–Crippen MR) is 74.3 cm³/mol. The van der Waals surface area contributed by atoms with Crippen molar-refractivity contribution in [1.82, 2.24) is 9.97 Å². The maximum Gasteiger partial charge on any atom is 0.273 e. The third kappa shape index (κ3) is 3.03. The largest absolute Gasteiger partial charge is 0.438 e. The second kappa shape index (κ2) is 5.83. The van der Waals surface area contributed by atoms with E-state index in [1.54, 1.807) is 19.1 Å². The Morgan fingerprint density at radius 1 is 1.40 bits per heavy atom. The second-order valence-electron chi connectivity index (χ2n) is 4.07. The number of aryl methyl sites for hydroxylation is 1. The zero-order chi connectivity index (χ0) is 14.7. The van der Waals surface area contributed by atoms with Crippen LogP contribution in [0.15, 0.2) is 24.3 Å². The minimum absolute atomic E-state index is 0.0454. The molecular formula is C13H12ClN3O3. The van der Waals surface area contributed by atoms with Crippen molar-refractivity contribution in [3.05, 3.63) is 50.9 Å². The van der Waals surface area contributed by atoms with E-state index in [9.17, 15) is 10.1 Å². The first kappa shape index (κ1) is 14.2. The molecule has 0 N–H and O–H groups in total. The van der Waals surface area contributed by atoms with E-state index < -0.39 is 4.92 Å². The number of aromatic nitrogens is 2. The second-order valence-corrected chi connectivity index (χ2v) is 4.43. The molecule has 0 aliphatic heterocycles. The topological polar surface area (TPSA) is 78.2 Å². The smallest absolute Gasteiger partial charge is 0.273 e. The Morgan fingerprint density at radius 2 is 2.15 bits per heavy atom. The maximum absolute atomic E-state index is 10.7. The predicted octanol–water partition coefficient (Wildman–Crippen LogP) is 3.70. The minimum Gasteiger partial charge on any atom is -0.438 e. The van der Waals surface area contributed by atoms with Crippen molar-refractivity contribution in [3.8, 4) is 11.6 Å². The lowest BCUT2D eigenvalue weighted by atomic mass is 10.3. The summed E-state index contributed by atoms with van der Waals surface area (Å²) in [6, 6.07) is 5.89. The van der Waals surface area contributed by atoms with Crippen molar-refractivity contribution >= 4 is 17.3 Å². The van der Waals surface area contributed by atoms with E-state index in [1.165, 1.54) is 12.1 Å². The highest BCUT2D eigenvalue weighted by atomic mass is 35.5. The molecule has 6 nitrogen and oxygen atoms in total. The van der Waals surface area contributed by atoms with Crippen LogP contribution in [0.3, 0.4) is 0 Å². The average molecular weight is 294 g/mol.